The lowest BCUT2D eigenvalue weighted by atomic mass is 10.1. The summed E-state index contributed by atoms with van der Waals surface area (Å²) in [6, 6.07) is 35.0. The lowest BCUT2D eigenvalue weighted by Gasteiger charge is -2.34. The van der Waals surface area contributed by atoms with Crippen molar-refractivity contribution in [3.8, 4) is 17.2 Å². The lowest BCUT2D eigenvalue weighted by molar-refractivity contribution is -0.156. The van der Waals surface area contributed by atoms with E-state index in [-0.39, 0.29) is 39.6 Å². The highest BCUT2D eigenvalue weighted by Gasteiger charge is 2.32. The van der Waals surface area contributed by atoms with Gasteiger partial charge in [0.2, 0.25) is 72.2 Å². The van der Waals surface area contributed by atoms with E-state index in [0.29, 0.717) is 63.7 Å². The van der Waals surface area contributed by atoms with E-state index >= 15 is 0 Å². The monoisotopic (exact) mass is 1850 g/mol. The quantitative estimate of drug-likeness (QED) is 0.0266. The average molecular weight is 1850 g/mol. The summed E-state index contributed by atoms with van der Waals surface area (Å²) in [4.78, 5) is 107. The predicted octanol–water partition coefficient (Wildman–Crippen LogP) is 5.70. The predicted molar refractivity (Wildman–Crippen MR) is 472 cm³/mol. The average Bonchev–Trinajstić information content (AvgIpc) is 0.790. The number of carbonyl (C=O) groups excluding carboxylic acids is 7. The number of likely N-dealkylation sites (N-methyl/N-ethyl adjacent to an activating group) is 8. The Hall–Kier alpha value is -10.6. The summed E-state index contributed by atoms with van der Waals surface area (Å²) in [5, 5.41) is 18.9. The first-order valence-corrected chi connectivity index (χ1v) is 44.3. The zero-order valence-electron chi connectivity index (χ0n) is 75.2. The number of alkyl halides is 6. The zero-order valence-corrected chi connectivity index (χ0v) is 77.6. The Balaban J connectivity index is 0.000000353. The van der Waals surface area contributed by atoms with Crippen molar-refractivity contribution < 1.29 is 109 Å². The molecule has 3 heterocycles. The number of hydrogen-bond donors (Lipinski definition) is 5. The largest absolute Gasteiger partial charge is 0.497 e. The van der Waals surface area contributed by atoms with Gasteiger partial charge in [-0.1, -0.05) is 36.4 Å². The molecule has 9 rings (SSSR count). The Morgan fingerprint density at radius 3 is 0.827 bits per heavy atom. The van der Waals surface area contributed by atoms with Crippen LogP contribution in [-0.4, -0.2) is 331 Å². The number of carboxylic acids is 1. The van der Waals surface area contributed by atoms with Crippen LogP contribution in [0.25, 0.3) is 0 Å². The molecule has 6 aromatic rings. The van der Waals surface area contributed by atoms with Crippen molar-refractivity contribution >= 4 is 95.2 Å². The van der Waals surface area contributed by atoms with Crippen molar-refractivity contribution in [2.24, 2.45) is 0 Å². The van der Waals surface area contributed by atoms with Crippen molar-refractivity contribution in [1.29, 1.82) is 0 Å². The van der Waals surface area contributed by atoms with Gasteiger partial charge >= 0.3 is 18.3 Å². The Morgan fingerprint density at radius 2 is 0.622 bits per heavy atom. The number of amides is 5. The highest BCUT2D eigenvalue weighted by atomic mass is 32.2. The van der Waals surface area contributed by atoms with Crippen LogP contribution in [0.15, 0.2) is 124 Å². The zero-order chi connectivity index (χ0) is 95.6. The Morgan fingerprint density at radius 1 is 0.402 bits per heavy atom. The number of piperazine rings is 3. The van der Waals surface area contributed by atoms with Crippen LogP contribution in [0.1, 0.15) is 50.1 Å². The highest BCUT2D eigenvalue weighted by Crippen LogP contribution is 2.32. The molecule has 0 saturated carbocycles. The van der Waals surface area contributed by atoms with Gasteiger partial charge in [-0.15, -0.1) is 0 Å². The van der Waals surface area contributed by atoms with Gasteiger partial charge in [-0.2, -0.15) is 39.3 Å². The van der Waals surface area contributed by atoms with Crippen LogP contribution in [-0.2, 0) is 88.1 Å². The van der Waals surface area contributed by atoms with E-state index in [1.807, 2.05) is 31.3 Å². The van der Waals surface area contributed by atoms with Crippen LogP contribution in [0.4, 0.5) is 43.4 Å². The van der Waals surface area contributed by atoms with E-state index in [9.17, 15) is 80.4 Å². The number of hydrogen-bond acceptors (Lipinski definition) is 24. The molecule has 704 valence electrons. The van der Waals surface area contributed by atoms with Crippen molar-refractivity contribution in [1.82, 2.24) is 58.7 Å². The number of nitrogens with one attached hydrogen (secondary N) is 4. The minimum absolute atomic E-state index is 0.104. The molecule has 0 radical (unpaired) electrons. The smallest absolute Gasteiger partial charge is 0.446 e. The van der Waals surface area contributed by atoms with Gasteiger partial charge in [0, 0.05) is 150 Å². The van der Waals surface area contributed by atoms with Gasteiger partial charge in [0.1, 0.15) is 23.8 Å². The molecule has 5 N–H and O–H groups in total. The molecule has 0 spiro atoms. The molecule has 3 aliphatic heterocycles. The van der Waals surface area contributed by atoms with Crippen molar-refractivity contribution in [3.63, 3.8) is 0 Å². The number of aliphatic carboxylic acids is 1. The van der Waals surface area contributed by atoms with E-state index in [1.165, 1.54) is 74.9 Å². The number of rotatable bonds is 30. The molecule has 0 bridgehead atoms. The summed E-state index contributed by atoms with van der Waals surface area (Å²) >= 11 is 0. The third kappa shape index (κ3) is 35.9. The molecule has 127 heavy (non-hydrogen) atoms. The summed E-state index contributed by atoms with van der Waals surface area (Å²) in [7, 11) is 8.52. The number of halogens is 6. The molecule has 42 heteroatoms. The molecular formula is C85H121F6N15O18S3. The van der Waals surface area contributed by atoms with Crippen LogP contribution >= 0.6 is 0 Å². The minimum atomic E-state index is -4.64. The number of nitrogens with zero attached hydrogens (tertiary/aromatic N) is 11. The fourth-order valence-corrected chi connectivity index (χ4v) is 17.8. The van der Waals surface area contributed by atoms with E-state index < -0.39 is 105 Å². The van der Waals surface area contributed by atoms with E-state index in [0.717, 1.165) is 109 Å². The molecule has 5 amide bonds. The van der Waals surface area contributed by atoms with Crippen LogP contribution < -0.4 is 50.2 Å². The number of aldehydes is 2. The SMILES string of the molecule is CNCc1ccc(N2CCN(C)CC2)cc1.COc1cc(C)c(S(=O)(=O)N(C)CC(=O)NCC(=O)N(C)Cc2ccc(N3CCN(C)CC3)cc2)c(C)c1.COc1cc(C)c(S(=O)(=O)N(C)CC(=O)NCC(=O)N(C)Cc2ccc(N3CCN(C)CC3)cc2)c(C)c1.COc1cc(C)c(S(=O)(=O)N(C)CC(=O)NCC(=O)O)c(C)c1.O=CC(F)(F)F.O=CC(F)(F)F. The van der Waals surface area contributed by atoms with Gasteiger partial charge in [0.15, 0.2) is 0 Å². The van der Waals surface area contributed by atoms with E-state index in [1.54, 1.807) is 92.0 Å². The van der Waals surface area contributed by atoms with Gasteiger partial charge in [0.05, 0.1) is 68.7 Å². The van der Waals surface area contributed by atoms with Gasteiger partial charge in [-0.25, -0.2) is 25.3 Å². The molecule has 3 fully saturated rings. The first kappa shape index (κ1) is 109. The third-order valence-electron chi connectivity index (χ3n) is 20.2. The third-order valence-corrected chi connectivity index (χ3v) is 26.5. The highest BCUT2D eigenvalue weighted by molar-refractivity contribution is 7.89. The summed E-state index contributed by atoms with van der Waals surface area (Å²) in [5.41, 5.74) is 10.1. The second kappa shape index (κ2) is 50.8. The van der Waals surface area contributed by atoms with Gasteiger partial charge in [-0.05, 0) is 193 Å². The topological polar surface area (TPSA) is 371 Å². The maximum Gasteiger partial charge on any atom is 0.446 e. The van der Waals surface area contributed by atoms with Crippen molar-refractivity contribution in [2.45, 2.75) is 88.2 Å². The Bertz CT molecular complexity index is 4700. The minimum Gasteiger partial charge on any atom is -0.497 e. The van der Waals surface area contributed by atoms with Gasteiger partial charge in [-0.3, -0.25) is 38.4 Å². The van der Waals surface area contributed by atoms with Crippen LogP contribution in [0.2, 0.25) is 0 Å². The molecule has 0 atom stereocenters. The van der Waals surface area contributed by atoms with Crippen LogP contribution in [0.5, 0.6) is 17.2 Å². The summed E-state index contributed by atoms with van der Waals surface area (Å²) in [6.45, 7) is 22.2. The number of anilines is 3. The molecule has 0 unspecified atom stereocenters. The fourth-order valence-electron chi connectivity index (χ4n) is 13.2. The molecule has 3 aliphatic rings. The summed E-state index contributed by atoms with van der Waals surface area (Å²) < 4.78 is 159. The second-order valence-corrected chi connectivity index (χ2v) is 36.4. The maximum absolute atomic E-state index is 13.1. The molecular weight excluding hydrogens is 1730 g/mol. The first-order chi connectivity index (χ1) is 59.3. The first-order valence-electron chi connectivity index (χ1n) is 40.0. The number of sulfonamides is 3. The number of benzene rings is 6. The van der Waals surface area contributed by atoms with Crippen molar-refractivity contribution in [3.05, 3.63) is 159 Å². The van der Waals surface area contributed by atoms with Gasteiger partial charge in [0.25, 0.3) is 0 Å². The van der Waals surface area contributed by atoms with Crippen molar-refractivity contribution in [2.75, 3.05) is 217 Å². The Labute approximate surface area is 741 Å². The maximum atomic E-state index is 13.1. The standard InChI is InChI=1S/2C27H39N5O5S.C14H20N2O6S.C13H21N3.2C2HF3O/c2*1-20-15-24(37-6)16-21(2)27(20)38(35,36)31(5)19-25(33)28-17-26(34)30(4)18-22-7-9-23(10-8-22)32-13-11-29(3)12-14-32;1-9-5-11(22-4)6-10(2)14(9)23(20,21)16(3)8-12(17)15-7-13(18)19;1-14-11-12-3-5-13(6-4-12)16-9-7-15(2)8-10-16;2*3-2(4,5)1-6/h2*7-10,15-16H,11-14,17-19H2,1-6H3,(H,28,33);5-6H,7-8H2,1-4H3,(H,15,17)(H,18,19);3-6,14H,7-11H2,1-2H3;2*1H. The summed E-state index contributed by atoms with van der Waals surface area (Å²) in [6.07, 6.45) is -11.4. The number of methoxy groups -OCH3 is 3. The number of carboxylic acid groups (broad SMARTS) is 1. The molecule has 0 aliphatic carbocycles. The van der Waals surface area contributed by atoms with Crippen LogP contribution in [0, 0.1) is 41.5 Å². The molecule has 6 aromatic carbocycles. The number of carbonyl (C=O) groups is 8. The number of aryl methyl sites for hydroxylation is 6. The second-order valence-electron chi connectivity index (χ2n) is 30.5. The summed E-state index contributed by atoms with van der Waals surface area (Å²) in [5.74, 6) is -1.88. The lowest BCUT2D eigenvalue weighted by Crippen LogP contribution is -2.44. The molecule has 33 nitrogen and oxygen atoms in total. The molecule has 3 saturated heterocycles. The fraction of sp³-hybridized carbons (Fsp3) is 0.482. The number of ether oxygens (including phenoxy) is 3. The molecule has 0 aromatic heterocycles. The van der Waals surface area contributed by atoms with Gasteiger partial charge < -0.3 is 79.8 Å². The van der Waals surface area contributed by atoms with Crippen LogP contribution in [0.3, 0.4) is 0 Å². The van der Waals surface area contributed by atoms with E-state index in [2.05, 4.69) is 120 Å². The van der Waals surface area contributed by atoms with E-state index in [4.69, 9.17) is 28.9 Å². The normalized spacial score (nSPS) is 14.0. The Kier molecular flexibility index (Phi) is 43.5.